The zero-order valence-corrected chi connectivity index (χ0v) is 18.8. The van der Waals surface area contributed by atoms with Crippen LogP contribution in [-0.2, 0) is 11.0 Å². The first kappa shape index (κ1) is 25.0. The van der Waals surface area contributed by atoms with E-state index in [1.165, 1.54) is 6.07 Å². The lowest BCUT2D eigenvalue weighted by molar-refractivity contribution is -0.138. The molecule has 1 atom stereocenters. The molecule has 34 heavy (non-hydrogen) atoms. The van der Waals surface area contributed by atoms with Crippen LogP contribution in [0.5, 0.6) is 0 Å². The van der Waals surface area contributed by atoms with Crippen molar-refractivity contribution in [2.24, 2.45) is 5.92 Å². The monoisotopic (exact) mass is 473 g/mol. The Bertz CT molecular complexity index is 1160. The molecule has 0 fully saturated rings. The number of pyridine rings is 1. The molecule has 1 heterocycles. The maximum absolute atomic E-state index is 13.0. The van der Waals surface area contributed by atoms with Crippen molar-refractivity contribution in [2.75, 3.05) is 11.9 Å². The fourth-order valence-electron chi connectivity index (χ4n) is 3.56. The van der Waals surface area contributed by atoms with E-state index in [2.05, 4.69) is 29.5 Å². The van der Waals surface area contributed by atoms with Gasteiger partial charge in [-0.15, -0.1) is 0 Å². The van der Waals surface area contributed by atoms with Crippen LogP contribution in [0.4, 0.5) is 19.0 Å². The summed E-state index contributed by atoms with van der Waals surface area (Å²) in [6, 6.07) is 13.6. The molecule has 0 aliphatic carbocycles. The standard InChI is InChI=1S/C25H26F3N3O3/c1-15(2)13-21(16-3-5-17(6-4-16)24(34)29-12-11-23(32)33)31-22-10-7-18-14-19(25(26,27)28)8-9-20(18)30-22/h3-10,14-15,21H,11-13H2,1-2H3,(H,29,34)(H,30,31)(H,32,33)/t21-/m0/s1. The maximum atomic E-state index is 13.0. The SMILES string of the molecule is CC(C)C[C@H](Nc1ccc2cc(C(F)(F)F)ccc2n1)c1ccc(C(=O)NCCC(=O)O)cc1. The van der Waals surface area contributed by atoms with Crippen molar-refractivity contribution >= 4 is 28.6 Å². The summed E-state index contributed by atoms with van der Waals surface area (Å²) in [4.78, 5) is 27.3. The number of fused-ring (bicyclic) bond motifs is 1. The van der Waals surface area contributed by atoms with Crippen LogP contribution in [0.15, 0.2) is 54.6 Å². The van der Waals surface area contributed by atoms with Gasteiger partial charge in [-0.3, -0.25) is 9.59 Å². The van der Waals surface area contributed by atoms with Crippen LogP contribution in [-0.4, -0.2) is 28.5 Å². The molecular formula is C25H26F3N3O3. The molecule has 0 saturated heterocycles. The molecule has 0 aliphatic heterocycles. The van der Waals surface area contributed by atoms with E-state index in [0.717, 1.165) is 24.1 Å². The van der Waals surface area contributed by atoms with Gasteiger partial charge in [-0.25, -0.2) is 4.98 Å². The van der Waals surface area contributed by atoms with Crippen LogP contribution in [0.3, 0.4) is 0 Å². The molecule has 0 spiro atoms. The number of amides is 1. The summed E-state index contributed by atoms with van der Waals surface area (Å²) >= 11 is 0. The number of benzene rings is 2. The first-order chi connectivity index (χ1) is 16.0. The minimum Gasteiger partial charge on any atom is -0.481 e. The zero-order valence-electron chi connectivity index (χ0n) is 18.8. The fraction of sp³-hybridized carbons (Fsp3) is 0.320. The third-order valence-electron chi connectivity index (χ3n) is 5.25. The van der Waals surface area contributed by atoms with Gasteiger partial charge < -0.3 is 15.7 Å². The largest absolute Gasteiger partial charge is 0.481 e. The smallest absolute Gasteiger partial charge is 0.416 e. The molecule has 0 aliphatic rings. The quantitative estimate of drug-likeness (QED) is 0.373. The summed E-state index contributed by atoms with van der Waals surface area (Å²) in [6.45, 7) is 4.20. The lowest BCUT2D eigenvalue weighted by Gasteiger charge is -2.22. The predicted molar refractivity (Wildman–Crippen MR) is 124 cm³/mol. The number of carboxylic acids is 1. The van der Waals surface area contributed by atoms with E-state index in [1.807, 2.05) is 12.1 Å². The van der Waals surface area contributed by atoms with E-state index < -0.39 is 17.7 Å². The maximum Gasteiger partial charge on any atom is 0.416 e. The first-order valence-corrected chi connectivity index (χ1v) is 10.9. The van der Waals surface area contributed by atoms with Crippen LogP contribution in [0, 0.1) is 5.92 Å². The predicted octanol–water partition coefficient (Wildman–Crippen LogP) is 5.66. The molecule has 0 bridgehead atoms. The second kappa shape index (κ2) is 10.5. The van der Waals surface area contributed by atoms with Crippen molar-refractivity contribution in [3.05, 3.63) is 71.3 Å². The zero-order chi connectivity index (χ0) is 24.9. The molecule has 3 aromatic rings. The molecule has 3 rings (SSSR count). The van der Waals surface area contributed by atoms with Gasteiger partial charge in [0.2, 0.25) is 0 Å². The first-order valence-electron chi connectivity index (χ1n) is 10.9. The van der Waals surface area contributed by atoms with Gasteiger partial charge >= 0.3 is 12.1 Å². The van der Waals surface area contributed by atoms with Crippen molar-refractivity contribution in [1.29, 1.82) is 0 Å². The lowest BCUT2D eigenvalue weighted by atomic mass is 9.96. The summed E-state index contributed by atoms with van der Waals surface area (Å²) in [5.74, 6) is -0.461. The van der Waals surface area contributed by atoms with E-state index in [-0.39, 0.29) is 24.9 Å². The van der Waals surface area contributed by atoms with Gasteiger partial charge in [0.15, 0.2) is 0 Å². The Morgan fingerprint density at radius 1 is 1.03 bits per heavy atom. The van der Waals surface area contributed by atoms with E-state index in [1.54, 1.807) is 24.3 Å². The molecule has 0 unspecified atom stereocenters. The number of alkyl halides is 3. The Morgan fingerprint density at radius 3 is 2.35 bits per heavy atom. The number of hydrogen-bond acceptors (Lipinski definition) is 4. The minimum atomic E-state index is -4.41. The minimum absolute atomic E-state index is 0.0472. The van der Waals surface area contributed by atoms with Crippen LogP contribution in [0.25, 0.3) is 10.9 Å². The van der Waals surface area contributed by atoms with E-state index in [0.29, 0.717) is 28.2 Å². The van der Waals surface area contributed by atoms with Crippen molar-refractivity contribution in [2.45, 2.75) is 38.9 Å². The number of carbonyl (C=O) groups is 2. The highest BCUT2D eigenvalue weighted by Gasteiger charge is 2.30. The molecule has 1 aromatic heterocycles. The number of hydrogen-bond donors (Lipinski definition) is 3. The third kappa shape index (κ3) is 6.69. The van der Waals surface area contributed by atoms with Gasteiger partial charge in [-0.05, 0) is 60.4 Å². The summed E-state index contributed by atoms with van der Waals surface area (Å²) in [5, 5.41) is 15.0. The molecule has 180 valence electrons. The second-order valence-electron chi connectivity index (χ2n) is 8.45. The molecule has 6 nitrogen and oxygen atoms in total. The fourth-order valence-corrected chi connectivity index (χ4v) is 3.56. The van der Waals surface area contributed by atoms with Crippen LogP contribution >= 0.6 is 0 Å². The van der Waals surface area contributed by atoms with Crippen molar-refractivity contribution in [3.8, 4) is 0 Å². The Balaban J connectivity index is 1.77. The average Bonchev–Trinajstić information content (AvgIpc) is 2.77. The number of halogens is 3. The number of aromatic nitrogens is 1. The van der Waals surface area contributed by atoms with Crippen LogP contribution in [0.2, 0.25) is 0 Å². The van der Waals surface area contributed by atoms with Crippen LogP contribution in [0.1, 0.15) is 54.2 Å². The number of carboxylic acid groups (broad SMARTS) is 1. The third-order valence-corrected chi connectivity index (χ3v) is 5.25. The van der Waals surface area contributed by atoms with E-state index in [9.17, 15) is 22.8 Å². The van der Waals surface area contributed by atoms with Crippen molar-refractivity contribution in [1.82, 2.24) is 10.3 Å². The summed E-state index contributed by atoms with van der Waals surface area (Å²) in [5.41, 5.74) is 1.08. The van der Waals surface area contributed by atoms with Crippen molar-refractivity contribution in [3.63, 3.8) is 0 Å². The number of aliphatic carboxylic acids is 1. The average molecular weight is 473 g/mol. The van der Waals surface area contributed by atoms with E-state index >= 15 is 0 Å². The molecule has 3 N–H and O–H groups in total. The molecule has 0 radical (unpaired) electrons. The van der Waals surface area contributed by atoms with Gasteiger partial charge in [0.05, 0.1) is 23.5 Å². The Hall–Kier alpha value is -3.62. The van der Waals surface area contributed by atoms with Gasteiger partial charge in [0.1, 0.15) is 5.82 Å². The molecule has 2 aromatic carbocycles. The Morgan fingerprint density at radius 2 is 1.74 bits per heavy atom. The number of nitrogens with one attached hydrogen (secondary N) is 2. The van der Waals surface area contributed by atoms with Gasteiger partial charge in [-0.1, -0.05) is 26.0 Å². The highest BCUT2D eigenvalue weighted by atomic mass is 19.4. The number of nitrogens with zero attached hydrogens (tertiary/aromatic N) is 1. The van der Waals surface area contributed by atoms with Gasteiger partial charge in [0.25, 0.3) is 5.91 Å². The Kier molecular flexibility index (Phi) is 7.75. The number of anilines is 1. The Labute approximate surface area is 195 Å². The molecule has 1 amide bonds. The topological polar surface area (TPSA) is 91.3 Å². The lowest BCUT2D eigenvalue weighted by Crippen LogP contribution is -2.26. The number of carbonyl (C=O) groups excluding carboxylic acids is 1. The number of rotatable bonds is 9. The summed E-state index contributed by atoms with van der Waals surface area (Å²) in [6.07, 6.45) is -3.80. The highest BCUT2D eigenvalue weighted by Crippen LogP contribution is 2.32. The molecular weight excluding hydrogens is 447 g/mol. The van der Waals surface area contributed by atoms with Gasteiger partial charge in [0, 0.05) is 17.5 Å². The summed E-state index contributed by atoms with van der Waals surface area (Å²) in [7, 11) is 0. The highest BCUT2D eigenvalue weighted by molar-refractivity contribution is 5.94. The van der Waals surface area contributed by atoms with Crippen LogP contribution < -0.4 is 10.6 Å². The van der Waals surface area contributed by atoms with E-state index in [4.69, 9.17) is 5.11 Å². The molecule has 9 heteroatoms. The normalized spacial score (nSPS) is 12.5. The second-order valence-corrected chi connectivity index (χ2v) is 8.45. The van der Waals surface area contributed by atoms with Gasteiger partial charge in [-0.2, -0.15) is 13.2 Å². The van der Waals surface area contributed by atoms with Crippen molar-refractivity contribution < 1.29 is 27.9 Å². The molecule has 0 saturated carbocycles. The summed E-state index contributed by atoms with van der Waals surface area (Å²) < 4.78 is 38.9.